The largest absolute Gasteiger partial charge is 0.379 e. The van der Waals surface area contributed by atoms with E-state index in [1.807, 2.05) is 24.3 Å². The third-order valence-electron chi connectivity index (χ3n) is 5.86. The zero-order valence-electron chi connectivity index (χ0n) is 17.8. The lowest BCUT2D eigenvalue weighted by Crippen LogP contribution is -2.43. The Morgan fingerprint density at radius 1 is 1.16 bits per heavy atom. The molecule has 0 radical (unpaired) electrons. The lowest BCUT2D eigenvalue weighted by molar-refractivity contribution is -0.126. The number of piperidine rings is 1. The average Bonchev–Trinajstić information content (AvgIpc) is 3.26. The molecule has 4 rings (SSSR count). The van der Waals surface area contributed by atoms with Gasteiger partial charge in [0.15, 0.2) is 0 Å². The normalized spacial score (nSPS) is 20.6. The van der Waals surface area contributed by atoms with Crippen molar-refractivity contribution in [1.82, 2.24) is 25.3 Å². The number of morpholine rings is 1. The summed E-state index contributed by atoms with van der Waals surface area (Å²) >= 11 is 5.94. The van der Waals surface area contributed by atoms with E-state index in [0.717, 1.165) is 70.8 Å². The molecule has 9 heteroatoms. The summed E-state index contributed by atoms with van der Waals surface area (Å²) in [6.45, 7) is 7.53. The van der Waals surface area contributed by atoms with E-state index >= 15 is 0 Å². The van der Waals surface area contributed by atoms with Crippen molar-refractivity contribution in [3.63, 3.8) is 0 Å². The molecule has 168 valence electrons. The molecule has 1 unspecified atom stereocenters. The number of hydrogen-bond acceptors (Lipinski definition) is 7. The SMILES string of the molecule is O=C(NCCCN1CCOCC1)C1CCCN(Cc2nc(-c3ccc(Cl)cc3)no2)C1. The number of hydrogen-bond donors (Lipinski definition) is 1. The van der Waals surface area contributed by atoms with Crippen LogP contribution >= 0.6 is 11.6 Å². The number of amides is 1. The van der Waals surface area contributed by atoms with Crippen molar-refractivity contribution in [3.8, 4) is 11.4 Å². The fraction of sp³-hybridized carbons (Fsp3) is 0.591. The predicted molar refractivity (Wildman–Crippen MR) is 118 cm³/mol. The lowest BCUT2D eigenvalue weighted by atomic mass is 9.97. The van der Waals surface area contributed by atoms with Crippen LogP contribution in [0.25, 0.3) is 11.4 Å². The van der Waals surface area contributed by atoms with Crippen LogP contribution in [0, 0.1) is 5.92 Å². The first-order chi connectivity index (χ1) is 15.2. The maximum Gasteiger partial charge on any atom is 0.241 e. The highest BCUT2D eigenvalue weighted by atomic mass is 35.5. The molecule has 2 aliphatic rings. The molecule has 2 fully saturated rings. The summed E-state index contributed by atoms with van der Waals surface area (Å²) in [7, 11) is 0. The third kappa shape index (κ3) is 6.49. The second-order valence-electron chi connectivity index (χ2n) is 8.19. The molecule has 0 spiro atoms. The summed E-state index contributed by atoms with van der Waals surface area (Å²) in [6, 6.07) is 7.36. The molecule has 1 atom stereocenters. The summed E-state index contributed by atoms with van der Waals surface area (Å²) in [6.07, 6.45) is 2.88. The minimum absolute atomic E-state index is 0.00999. The summed E-state index contributed by atoms with van der Waals surface area (Å²) in [5.74, 6) is 1.28. The molecule has 2 saturated heterocycles. The smallest absolute Gasteiger partial charge is 0.241 e. The van der Waals surface area contributed by atoms with Crippen LogP contribution in [0.2, 0.25) is 5.02 Å². The molecule has 0 aliphatic carbocycles. The van der Waals surface area contributed by atoms with Crippen LogP contribution in [0.3, 0.4) is 0 Å². The summed E-state index contributed by atoms with van der Waals surface area (Å²) < 4.78 is 10.8. The van der Waals surface area contributed by atoms with Gasteiger partial charge in [-0.15, -0.1) is 0 Å². The van der Waals surface area contributed by atoms with Crippen LogP contribution in [0.15, 0.2) is 28.8 Å². The van der Waals surface area contributed by atoms with Gasteiger partial charge >= 0.3 is 0 Å². The van der Waals surface area contributed by atoms with Crippen molar-refractivity contribution in [2.45, 2.75) is 25.8 Å². The number of carbonyl (C=O) groups excluding carboxylic acids is 1. The van der Waals surface area contributed by atoms with Gasteiger partial charge in [-0.25, -0.2) is 0 Å². The van der Waals surface area contributed by atoms with Gasteiger partial charge < -0.3 is 14.6 Å². The first-order valence-electron chi connectivity index (χ1n) is 11.1. The van der Waals surface area contributed by atoms with Crippen molar-refractivity contribution in [3.05, 3.63) is 35.2 Å². The molecule has 1 aromatic carbocycles. The van der Waals surface area contributed by atoms with Crippen LogP contribution in [-0.2, 0) is 16.1 Å². The van der Waals surface area contributed by atoms with Gasteiger partial charge in [0.25, 0.3) is 0 Å². The first kappa shape index (κ1) is 22.2. The van der Waals surface area contributed by atoms with E-state index in [2.05, 4.69) is 25.3 Å². The highest BCUT2D eigenvalue weighted by Crippen LogP contribution is 2.21. The fourth-order valence-electron chi connectivity index (χ4n) is 4.12. The van der Waals surface area contributed by atoms with Crippen molar-refractivity contribution in [2.75, 3.05) is 52.5 Å². The Morgan fingerprint density at radius 3 is 2.77 bits per heavy atom. The number of ether oxygens (including phenoxy) is 1. The first-order valence-corrected chi connectivity index (χ1v) is 11.4. The number of benzene rings is 1. The number of carbonyl (C=O) groups is 1. The molecule has 0 bridgehead atoms. The van der Waals surface area contributed by atoms with Crippen LogP contribution in [0.4, 0.5) is 0 Å². The van der Waals surface area contributed by atoms with Crippen LogP contribution in [0.5, 0.6) is 0 Å². The Kier molecular flexibility index (Phi) is 7.91. The van der Waals surface area contributed by atoms with Crippen LogP contribution < -0.4 is 5.32 Å². The maximum absolute atomic E-state index is 12.6. The fourth-order valence-corrected chi connectivity index (χ4v) is 4.25. The molecule has 31 heavy (non-hydrogen) atoms. The van der Waals surface area contributed by atoms with Gasteiger partial charge in [0, 0.05) is 36.8 Å². The van der Waals surface area contributed by atoms with E-state index in [1.54, 1.807) is 0 Å². The standard InChI is InChI=1S/C22H30ClN5O3/c23-19-6-4-17(5-7-19)21-25-20(31-26-21)16-28-9-1-3-18(15-28)22(29)24-8-2-10-27-11-13-30-14-12-27/h4-7,18H,1-3,8-16H2,(H,24,29). The molecular formula is C22H30ClN5O3. The molecular weight excluding hydrogens is 418 g/mol. The number of halogens is 1. The molecule has 1 N–H and O–H groups in total. The van der Waals surface area contributed by atoms with E-state index in [1.165, 1.54) is 0 Å². The summed E-state index contributed by atoms with van der Waals surface area (Å²) in [5.41, 5.74) is 0.868. The third-order valence-corrected chi connectivity index (χ3v) is 6.11. The van der Waals surface area contributed by atoms with Crippen molar-refractivity contribution in [2.24, 2.45) is 5.92 Å². The Labute approximate surface area is 187 Å². The maximum atomic E-state index is 12.6. The minimum Gasteiger partial charge on any atom is -0.379 e. The van der Waals surface area contributed by atoms with Gasteiger partial charge in [-0.05, 0) is 56.6 Å². The topological polar surface area (TPSA) is 83.7 Å². The molecule has 2 aliphatic heterocycles. The van der Waals surface area contributed by atoms with Gasteiger partial charge in [0.2, 0.25) is 17.6 Å². The molecule has 1 aromatic heterocycles. The molecule has 0 saturated carbocycles. The van der Waals surface area contributed by atoms with E-state index in [-0.39, 0.29) is 11.8 Å². The monoisotopic (exact) mass is 447 g/mol. The molecule has 2 aromatic rings. The zero-order chi connectivity index (χ0) is 21.5. The second-order valence-corrected chi connectivity index (χ2v) is 8.63. The molecule has 1 amide bonds. The Bertz CT molecular complexity index is 838. The van der Waals surface area contributed by atoms with E-state index in [9.17, 15) is 4.79 Å². The van der Waals surface area contributed by atoms with Crippen molar-refractivity contribution >= 4 is 17.5 Å². The number of rotatable bonds is 8. The second kappa shape index (κ2) is 11.0. The lowest BCUT2D eigenvalue weighted by Gasteiger charge is -2.31. The molecule has 8 nitrogen and oxygen atoms in total. The van der Waals surface area contributed by atoms with E-state index < -0.39 is 0 Å². The van der Waals surface area contributed by atoms with Crippen LogP contribution in [0.1, 0.15) is 25.2 Å². The Morgan fingerprint density at radius 2 is 1.97 bits per heavy atom. The zero-order valence-corrected chi connectivity index (χ0v) is 18.5. The minimum atomic E-state index is 0.00999. The average molecular weight is 448 g/mol. The quantitative estimate of drug-likeness (QED) is 0.622. The Balaban J connectivity index is 1.21. The Hall–Kier alpha value is -2.00. The number of nitrogens with zero attached hydrogens (tertiary/aromatic N) is 4. The van der Waals surface area contributed by atoms with Crippen molar-refractivity contribution < 1.29 is 14.1 Å². The number of nitrogens with one attached hydrogen (secondary N) is 1. The predicted octanol–water partition coefficient (Wildman–Crippen LogP) is 2.44. The highest BCUT2D eigenvalue weighted by Gasteiger charge is 2.26. The van der Waals surface area contributed by atoms with E-state index in [0.29, 0.717) is 29.8 Å². The van der Waals surface area contributed by atoms with Gasteiger partial charge in [-0.2, -0.15) is 4.98 Å². The van der Waals surface area contributed by atoms with Gasteiger partial charge in [0.1, 0.15) is 0 Å². The van der Waals surface area contributed by atoms with E-state index in [4.69, 9.17) is 20.9 Å². The van der Waals surface area contributed by atoms with Gasteiger partial charge in [-0.1, -0.05) is 16.8 Å². The summed E-state index contributed by atoms with van der Waals surface area (Å²) in [4.78, 5) is 21.7. The van der Waals surface area contributed by atoms with Gasteiger partial charge in [0.05, 0.1) is 25.7 Å². The van der Waals surface area contributed by atoms with Crippen molar-refractivity contribution in [1.29, 1.82) is 0 Å². The highest BCUT2D eigenvalue weighted by molar-refractivity contribution is 6.30. The van der Waals surface area contributed by atoms with Gasteiger partial charge in [-0.3, -0.25) is 14.6 Å². The number of aromatic nitrogens is 2. The molecule has 3 heterocycles. The van der Waals surface area contributed by atoms with Crippen LogP contribution in [-0.4, -0.2) is 78.3 Å². The summed E-state index contributed by atoms with van der Waals surface area (Å²) in [5, 5.41) is 7.87. The number of likely N-dealkylation sites (tertiary alicyclic amines) is 1.